The molecule has 6 aliphatic rings. The molecule has 4 nitrogen and oxygen atoms in total. The van der Waals surface area contributed by atoms with Crippen molar-refractivity contribution in [1.82, 2.24) is 0 Å². The highest BCUT2D eigenvalue weighted by Crippen LogP contribution is 2.76. The summed E-state index contributed by atoms with van der Waals surface area (Å²) in [6, 6.07) is 0. The van der Waals surface area contributed by atoms with E-state index in [0.717, 1.165) is 66.6 Å². The van der Waals surface area contributed by atoms with Crippen LogP contribution in [-0.4, -0.2) is 23.1 Å². The Morgan fingerprint density at radius 1 is 0.839 bits per heavy atom. The molecule has 1 N–H and O–H groups in total. The molecule has 11 unspecified atom stereocenters. The Hall–Kier alpha value is -1.06. The van der Waals surface area contributed by atoms with Crippen molar-refractivity contribution in [3.8, 4) is 0 Å². The molecule has 6 aliphatic carbocycles. The number of hydrogen-bond donors (Lipinski definition) is 1. The van der Waals surface area contributed by atoms with Crippen molar-refractivity contribution in [2.24, 2.45) is 64.6 Å². The second-order valence-corrected chi connectivity index (χ2v) is 11.8. The number of esters is 1. The highest BCUT2D eigenvalue weighted by Gasteiger charge is 2.71. The van der Waals surface area contributed by atoms with Crippen molar-refractivity contribution in [3.05, 3.63) is 0 Å². The summed E-state index contributed by atoms with van der Waals surface area (Å²) in [4.78, 5) is 21.6. The third kappa shape index (κ3) is 3.55. The van der Waals surface area contributed by atoms with E-state index in [-0.39, 0.29) is 32.3 Å². The van der Waals surface area contributed by atoms with E-state index < -0.39 is 5.97 Å². The molecule has 0 spiro atoms. The number of carbonyl (C=O) groups is 2. The van der Waals surface area contributed by atoms with Crippen molar-refractivity contribution in [2.75, 3.05) is 0 Å². The molecule has 6 saturated carbocycles. The van der Waals surface area contributed by atoms with Crippen molar-refractivity contribution in [1.29, 1.82) is 0 Å². The summed E-state index contributed by atoms with van der Waals surface area (Å²) in [5, 5.41) is 7.42. The fourth-order valence-corrected chi connectivity index (χ4v) is 9.31. The normalized spacial score (nSPS) is 46.9. The molecule has 4 heteroatoms. The average molecular weight is 435 g/mol. The van der Waals surface area contributed by atoms with Crippen LogP contribution < -0.4 is 0 Å². The molecule has 0 aliphatic heterocycles. The van der Waals surface area contributed by atoms with Crippen LogP contribution in [0.15, 0.2) is 0 Å². The molecule has 6 bridgehead atoms. The van der Waals surface area contributed by atoms with Gasteiger partial charge in [0.2, 0.25) is 0 Å². The Morgan fingerprint density at radius 3 is 1.90 bits per heavy atom. The zero-order valence-electron chi connectivity index (χ0n) is 18.5. The number of hydrogen-bond acceptors (Lipinski definition) is 3. The van der Waals surface area contributed by atoms with E-state index in [9.17, 15) is 4.79 Å². The highest BCUT2D eigenvalue weighted by molar-refractivity contribution is 5.76. The number of aliphatic carboxylic acids is 1. The molecule has 6 fully saturated rings. The van der Waals surface area contributed by atoms with Crippen molar-refractivity contribution >= 4 is 11.9 Å². The third-order valence-corrected chi connectivity index (χ3v) is 10.3. The number of ether oxygens (including phenoxy) is 1. The minimum Gasteiger partial charge on any atom is -0.481 e. The van der Waals surface area contributed by atoms with E-state index in [4.69, 9.17) is 14.6 Å². The van der Waals surface area contributed by atoms with Crippen molar-refractivity contribution in [2.45, 2.75) is 93.6 Å². The summed E-state index contributed by atoms with van der Waals surface area (Å²) in [6.07, 6.45) is 9.88. The van der Waals surface area contributed by atoms with Gasteiger partial charge in [-0.1, -0.05) is 21.8 Å². The zero-order valence-corrected chi connectivity index (χ0v) is 18.5. The second-order valence-electron chi connectivity index (χ2n) is 11.8. The number of carbonyl (C=O) groups excluding carboxylic acids is 1. The van der Waals surface area contributed by atoms with Gasteiger partial charge in [0.15, 0.2) is 0 Å². The molecule has 11 atom stereocenters. The minimum atomic E-state index is -0.833. The molecule has 31 heavy (non-hydrogen) atoms. The molecule has 178 valence electrons. The van der Waals surface area contributed by atoms with Gasteiger partial charge < -0.3 is 9.84 Å². The summed E-state index contributed by atoms with van der Waals surface area (Å²) in [7, 11) is 0. The molecule has 0 aromatic rings. The smallest absolute Gasteiger partial charge is 0.311 e. The van der Waals surface area contributed by atoms with E-state index in [1.54, 1.807) is 19.3 Å². The van der Waals surface area contributed by atoms with Gasteiger partial charge in [-0.2, -0.15) is 0 Å². The van der Waals surface area contributed by atoms with Gasteiger partial charge >= 0.3 is 5.97 Å². The molecular weight excluding hydrogens is 388 g/mol. The van der Waals surface area contributed by atoms with Crippen LogP contribution in [0, 0.1) is 64.6 Å². The van der Waals surface area contributed by atoms with Gasteiger partial charge in [0.05, 0.1) is 5.41 Å². The molecule has 0 aromatic carbocycles. The average Bonchev–Trinajstić information content (AvgIpc) is 3.46. The lowest BCUT2D eigenvalue weighted by Gasteiger charge is -2.46. The van der Waals surface area contributed by atoms with Gasteiger partial charge in [-0.3, -0.25) is 9.59 Å². The van der Waals surface area contributed by atoms with Crippen LogP contribution in [0.2, 0.25) is 0 Å². The molecule has 0 aromatic heterocycles. The summed E-state index contributed by atoms with van der Waals surface area (Å²) in [6.45, 7) is 7.27. The molecule has 6 rings (SSSR count). The van der Waals surface area contributed by atoms with Gasteiger partial charge in [-0.25, -0.2) is 0 Å². The number of fused-ring (bicyclic) bond motifs is 16. The van der Waals surface area contributed by atoms with Gasteiger partial charge in [-0.05, 0) is 118 Å². The molecular formula is C27H46O4. The number of carboxylic acids is 1. The van der Waals surface area contributed by atoms with Crippen LogP contribution in [0.3, 0.4) is 0 Å². The first-order chi connectivity index (χ1) is 13.7. The Morgan fingerprint density at radius 2 is 1.35 bits per heavy atom. The lowest BCUT2D eigenvalue weighted by atomic mass is 9.59. The van der Waals surface area contributed by atoms with E-state index in [0.29, 0.717) is 5.92 Å². The predicted molar refractivity (Wildman–Crippen MR) is 123 cm³/mol. The summed E-state index contributed by atoms with van der Waals surface area (Å²) < 4.78 is 6.15. The van der Waals surface area contributed by atoms with Crippen LogP contribution in [0.4, 0.5) is 0 Å². The maximum Gasteiger partial charge on any atom is 0.311 e. The molecule has 0 radical (unpaired) electrons. The molecule has 0 amide bonds. The monoisotopic (exact) mass is 434 g/mol. The Kier molecular flexibility index (Phi) is 6.64. The fourth-order valence-electron chi connectivity index (χ4n) is 9.31. The van der Waals surface area contributed by atoms with E-state index in [1.165, 1.54) is 19.3 Å². The topological polar surface area (TPSA) is 63.6 Å². The highest BCUT2D eigenvalue weighted by atomic mass is 16.5. The first-order valence-electron chi connectivity index (χ1n) is 12.1. The largest absolute Gasteiger partial charge is 0.481 e. The van der Waals surface area contributed by atoms with Crippen LogP contribution in [0.25, 0.3) is 0 Å². The van der Waals surface area contributed by atoms with Crippen molar-refractivity contribution < 1.29 is 19.4 Å². The Balaban J connectivity index is 0.000000422. The number of carboxylic acid groups (broad SMARTS) is 1. The van der Waals surface area contributed by atoms with Crippen LogP contribution in [0.5, 0.6) is 0 Å². The van der Waals surface area contributed by atoms with Crippen LogP contribution >= 0.6 is 0 Å². The Labute approximate surface area is 189 Å². The zero-order chi connectivity index (χ0) is 20.7. The fraction of sp³-hybridized carbons (Fsp3) is 0.926. The van der Waals surface area contributed by atoms with Gasteiger partial charge in [0.1, 0.15) is 6.10 Å². The summed E-state index contributed by atoms with van der Waals surface area (Å²) >= 11 is 0. The summed E-state index contributed by atoms with van der Waals surface area (Å²) in [5.41, 5.74) is -0.314. The van der Waals surface area contributed by atoms with E-state index >= 15 is 0 Å². The first-order valence-corrected chi connectivity index (χ1v) is 12.1. The van der Waals surface area contributed by atoms with Gasteiger partial charge in [0, 0.05) is 6.92 Å². The molecule has 0 heterocycles. The maximum absolute atomic E-state index is 12.6. The Bertz CT molecular complexity index is 695. The number of rotatable bonds is 3. The maximum atomic E-state index is 12.6. The predicted octanol–water partition coefficient (Wildman–Crippen LogP) is 6.28. The van der Waals surface area contributed by atoms with E-state index in [1.807, 2.05) is 13.8 Å². The van der Waals surface area contributed by atoms with E-state index in [2.05, 4.69) is 6.92 Å². The van der Waals surface area contributed by atoms with Gasteiger partial charge in [-0.15, -0.1) is 0 Å². The quantitative estimate of drug-likeness (QED) is 0.419. The lowest BCUT2D eigenvalue weighted by molar-refractivity contribution is -0.165. The van der Waals surface area contributed by atoms with Crippen LogP contribution in [0.1, 0.15) is 87.5 Å². The minimum absolute atomic E-state index is 0. The molecule has 0 saturated heterocycles. The third-order valence-electron chi connectivity index (χ3n) is 10.3. The van der Waals surface area contributed by atoms with Crippen LogP contribution in [-0.2, 0) is 14.3 Å². The first kappa shape index (κ1) is 24.6. The van der Waals surface area contributed by atoms with Gasteiger partial charge in [0.25, 0.3) is 5.97 Å². The van der Waals surface area contributed by atoms with Crippen molar-refractivity contribution in [3.63, 3.8) is 0 Å². The lowest BCUT2D eigenvalue weighted by Crippen LogP contribution is -2.45. The second kappa shape index (κ2) is 8.37. The summed E-state index contributed by atoms with van der Waals surface area (Å²) in [5.74, 6) is 9.20. The SMILES string of the molecule is C.C.CC(=O)O.CCC(C)(C)C(=O)OC1CC2CC1C1C3CC(C4C5CCC(C5)C34)C21. The standard InChI is InChI=1S/C23H34O2.C2H4O2.2CH4/c1-4-23(2,3)22(24)25-17-9-13-8-14(17)21-16-10-15(20(13)21)18-11-5-6-12(7-11)19(16)18;1-2(3)4;;/h11-21H,4-10H2,1-3H3;1H3,(H,3,4);2*1H4.